The SMILES string of the molecule is CC[C@@H](N)c1cnn(CC)c1C. The van der Waals surface area contributed by atoms with Crippen LogP contribution in [0.5, 0.6) is 0 Å². The van der Waals surface area contributed by atoms with Gasteiger partial charge < -0.3 is 5.73 Å². The molecule has 0 saturated carbocycles. The summed E-state index contributed by atoms with van der Waals surface area (Å²) < 4.78 is 1.98. The number of hydrogen-bond donors (Lipinski definition) is 1. The largest absolute Gasteiger partial charge is 0.324 e. The molecule has 0 aliphatic rings. The predicted octanol–water partition coefficient (Wildman–Crippen LogP) is 1.62. The van der Waals surface area contributed by atoms with E-state index in [0.29, 0.717) is 0 Å². The third-order valence-corrected chi connectivity index (χ3v) is 2.28. The molecule has 3 heteroatoms. The summed E-state index contributed by atoms with van der Waals surface area (Å²) in [5.74, 6) is 0. The summed E-state index contributed by atoms with van der Waals surface area (Å²) in [5.41, 5.74) is 8.29. The van der Waals surface area contributed by atoms with Crippen LogP contribution in [-0.2, 0) is 6.54 Å². The van der Waals surface area contributed by atoms with Gasteiger partial charge in [0.15, 0.2) is 0 Å². The Bertz CT molecular complexity index is 252. The molecule has 0 aromatic carbocycles. The van der Waals surface area contributed by atoms with Gasteiger partial charge in [-0.1, -0.05) is 6.92 Å². The first-order valence-electron chi connectivity index (χ1n) is 4.48. The second-order valence-electron chi connectivity index (χ2n) is 3.02. The lowest BCUT2D eigenvalue weighted by Crippen LogP contribution is -2.10. The highest BCUT2D eigenvalue weighted by Crippen LogP contribution is 2.17. The fourth-order valence-electron chi connectivity index (χ4n) is 1.36. The van der Waals surface area contributed by atoms with E-state index in [1.807, 2.05) is 10.9 Å². The second-order valence-corrected chi connectivity index (χ2v) is 3.02. The first-order valence-corrected chi connectivity index (χ1v) is 4.48. The van der Waals surface area contributed by atoms with Crippen molar-refractivity contribution in [2.24, 2.45) is 5.73 Å². The zero-order chi connectivity index (χ0) is 9.14. The van der Waals surface area contributed by atoms with Crippen molar-refractivity contribution < 1.29 is 0 Å². The molecule has 0 saturated heterocycles. The maximum absolute atomic E-state index is 5.91. The van der Waals surface area contributed by atoms with Gasteiger partial charge in [-0.15, -0.1) is 0 Å². The summed E-state index contributed by atoms with van der Waals surface area (Å²) in [7, 11) is 0. The Morgan fingerprint density at radius 3 is 2.67 bits per heavy atom. The Labute approximate surface area is 73.6 Å². The van der Waals surface area contributed by atoms with Crippen molar-refractivity contribution in [1.82, 2.24) is 9.78 Å². The van der Waals surface area contributed by atoms with Crippen molar-refractivity contribution in [2.45, 2.75) is 39.8 Å². The molecule has 68 valence electrons. The molecule has 1 aromatic rings. The first kappa shape index (κ1) is 9.26. The monoisotopic (exact) mass is 167 g/mol. The second kappa shape index (κ2) is 3.72. The summed E-state index contributed by atoms with van der Waals surface area (Å²) in [6.45, 7) is 7.16. The topological polar surface area (TPSA) is 43.8 Å². The lowest BCUT2D eigenvalue weighted by atomic mass is 10.1. The Morgan fingerprint density at radius 2 is 2.25 bits per heavy atom. The Morgan fingerprint density at radius 1 is 1.58 bits per heavy atom. The number of nitrogens with two attached hydrogens (primary N) is 1. The van der Waals surface area contributed by atoms with E-state index in [1.54, 1.807) is 0 Å². The number of hydrogen-bond acceptors (Lipinski definition) is 2. The predicted molar refractivity (Wildman–Crippen MR) is 49.9 cm³/mol. The van der Waals surface area contributed by atoms with E-state index in [4.69, 9.17) is 5.73 Å². The molecule has 0 fully saturated rings. The van der Waals surface area contributed by atoms with Crippen molar-refractivity contribution in [3.05, 3.63) is 17.5 Å². The van der Waals surface area contributed by atoms with Crippen molar-refractivity contribution in [1.29, 1.82) is 0 Å². The molecular weight excluding hydrogens is 150 g/mol. The molecule has 3 nitrogen and oxygen atoms in total. The highest BCUT2D eigenvalue weighted by atomic mass is 15.3. The van der Waals surface area contributed by atoms with Crippen molar-refractivity contribution in [2.75, 3.05) is 0 Å². The van der Waals surface area contributed by atoms with Gasteiger partial charge in [-0.25, -0.2) is 0 Å². The molecule has 0 radical (unpaired) electrons. The fourth-order valence-corrected chi connectivity index (χ4v) is 1.36. The smallest absolute Gasteiger partial charge is 0.0540 e. The van der Waals surface area contributed by atoms with E-state index in [1.165, 1.54) is 11.3 Å². The van der Waals surface area contributed by atoms with Gasteiger partial charge in [-0.2, -0.15) is 5.10 Å². The molecule has 1 rings (SSSR count). The average molecular weight is 167 g/mol. The number of aryl methyl sites for hydroxylation is 1. The quantitative estimate of drug-likeness (QED) is 0.743. The van der Waals surface area contributed by atoms with Crippen LogP contribution >= 0.6 is 0 Å². The van der Waals surface area contributed by atoms with Crippen LogP contribution in [0.3, 0.4) is 0 Å². The van der Waals surface area contributed by atoms with Crippen molar-refractivity contribution in [3.8, 4) is 0 Å². The Kier molecular flexibility index (Phi) is 2.87. The molecule has 1 heterocycles. The summed E-state index contributed by atoms with van der Waals surface area (Å²) in [6.07, 6.45) is 2.85. The molecule has 12 heavy (non-hydrogen) atoms. The van der Waals surface area contributed by atoms with Gasteiger partial charge in [-0.05, 0) is 20.3 Å². The summed E-state index contributed by atoms with van der Waals surface area (Å²) in [6, 6.07) is 0.144. The summed E-state index contributed by atoms with van der Waals surface area (Å²) in [5, 5.41) is 4.24. The number of rotatable bonds is 3. The minimum Gasteiger partial charge on any atom is -0.324 e. The van der Waals surface area contributed by atoms with E-state index in [9.17, 15) is 0 Å². The molecule has 0 spiro atoms. The first-order chi connectivity index (χ1) is 5.70. The van der Waals surface area contributed by atoms with Crippen molar-refractivity contribution in [3.63, 3.8) is 0 Å². The molecule has 0 amide bonds. The molecule has 1 atom stereocenters. The normalized spacial score (nSPS) is 13.3. The van der Waals surface area contributed by atoms with E-state index in [0.717, 1.165) is 13.0 Å². The van der Waals surface area contributed by atoms with Crippen LogP contribution in [0.2, 0.25) is 0 Å². The molecule has 0 bridgehead atoms. The number of aromatic nitrogens is 2. The van der Waals surface area contributed by atoms with Crippen LogP contribution in [0.1, 0.15) is 37.6 Å². The Balaban J connectivity index is 2.93. The van der Waals surface area contributed by atoms with Gasteiger partial charge in [0.25, 0.3) is 0 Å². The zero-order valence-corrected chi connectivity index (χ0v) is 8.04. The van der Waals surface area contributed by atoms with Gasteiger partial charge in [0.1, 0.15) is 0 Å². The summed E-state index contributed by atoms with van der Waals surface area (Å²) >= 11 is 0. The van der Waals surface area contributed by atoms with E-state index >= 15 is 0 Å². The van der Waals surface area contributed by atoms with Crippen LogP contribution in [0.4, 0.5) is 0 Å². The van der Waals surface area contributed by atoms with Gasteiger partial charge >= 0.3 is 0 Å². The van der Waals surface area contributed by atoms with Crippen molar-refractivity contribution >= 4 is 0 Å². The van der Waals surface area contributed by atoms with Gasteiger partial charge in [0.05, 0.1) is 6.20 Å². The molecule has 0 unspecified atom stereocenters. The van der Waals surface area contributed by atoms with Gasteiger partial charge in [0, 0.05) is 23.8 Å². The molecular formula is C9H17N3. The standard InChI is InChI=1S/C9H17N3/c1-4-9(10)8-6-11-12(5-2)7(8)3/h6,9H,4-5,10H2,1-3H3/t9-/m1/s1. The number of nitrogens with zero attached hydrogens (tertiary/aromatic N) is 2. The molecule has 0 aliphatic carbocycles. The maximum Gasteiger partial charge on any atom is 0.0540 e. The molecule has 0 aliphatic heterocycles. The maximum atomic E-state index is 5.91. The fraction of sp³-hybridized carbons (Fsp3) is 0.667. The van der Waals surface area contributed by atoms with Gasteiger partial charge in [-0.3, -0.25) is 4.68 Å². The minimum atomic E-state index is 0.144. The third-order valence-electron chi connectivity index (χ3n) is 2.28. The lowest BCUT2D eigenvalue weighted by molar-refractivity contribution is 0.631. The van der Waals surface area contributed by atoms with Crippen LogP contribution < -0.4 is 5.73 Å². The highest BCUT2D eigenvalue weighted by molar-refractivity contribution is 5.19. The van der Waals surface area contributed by atoms with Crippen LogP contribution in [-0.4, -0.2) is 9.78 Å². The molecule has 1 aromatic heterocycles. The minimum absolute atomic E-state index is 0.144. The van der Waals surface area contributed by atoms with Crippen LogP contribution in [0.25, 0.3) is 0 Å². The zero-order valence-electron chi connectivity index (χ0n) is 8.04. The van der Waals surface area contributed by atoms with E-state index in [-0.39, 0.29) is 6.04 Å². The highest BCUT2D eigenvalue weighted by Gasteiger charge is 2.10. The summed E-state index contributed by atoms with van der Waals surface area (Å²) in [4.78, 5) is 0. The Hall–Kier alpha value is -0.830. The van der Waals surface area contributed by atoms with Crippen LogP contribution in [0, 0.1) is 6.92 Å². The van der Waals surface area contributed by atoms with Crippen LogP contribution in [0.15, 0.2) is 6.20 Å². The third kappa shape index (κ3) is 1.50. The lowest BCUT2D eigenvalue weighted by Gasteiger charge is -2.07. The molecule has 2 N–H and O–H groups in total. The van der Waals surface area contributed by atoms with E-state index < -0.39 is 0 Å². The van der Waals surface area contributed by atoms with E-state index in [2.05, 4.69) is 25.9 Å². The average Bonchev–Trinajstić information content (AvgIpc) is 2.45. The van der Waals surface area contributed by atoms with Gasteiger partial charge in [0.2, 0.25) is 0 Å².